The van der Waals surface area contributed by atoms with E-state index in [0.29, 0.717) is 24.2 Å². The molecule has 7 heteroatoms. The molecule has 0 radical (unpaired) electrons. The van der Waals surface area contributed by atoms with Crippen molar-refractivity contribution in [1.82, 2.24) is 4.98 Å². The van der Waals surface area contributed by atoms with E-state index in [2.05, 4.69) is 33.8 Å². The third-order valence-electron chi connectivity index (χ3n) is 5.15. The van der Waals surface area contributed by atoms with Gasteiger partial charge in [-0.05, 0) is 36.1 Å². The van der Waals surface area contributed by atoms with Crippen molar-refractivity contribution in [3.63, 3.8) is 0 Å². The number of nitrogens with zero attached hydrogens (tertiary/aromatic N) is 3. The lowest BCUT2D eigenvalue weighted by Crippen LogP contribution is -2.47. The van der Waals surface area contributed by atoms with Crippen molar-refractivity contribution < 1.29 is 10.1 Å². The number of aromatic amines is 1. The Balaban J connectivity index is 1.65. The van der Waals surface area contributed by atoms with Crippen LogP contribution in [0, 0.1) is 11.8 Å². The number of rotatable bonds is 3. The summed E-state index contributed by atoms with van der Waals surface area (Å²) in [6, 6.07) is 13.3. The quantitative estimate of drug-likeness (QED) is 0.698. The van der Waals surface area contributed by atoms with E-state index >= 15 is 0 Å². The molecule has 4 rings (SSSR count). The summed E-state index contributed by atoms with van der Waals surface area (Å²) < 4.78 is 0. The maximum absolute atomic E-state index is 12.0. The molecule has 1 fully saturated rings. The van der Waals surface area contributed by atoms with Crippen molar-refractivity contribution in [1.29, 1.82) is 0 Å². The molecule has 0 amide bonds. The number of para-hydroxylation sites is 1. The van der Waals surface area contributed by atoms with Gasteiger partial charge in [0.2, 0.25) is 0 Å². The first kappa shape index (κ1) is 17.1. The van der Waals surface area contributed by atoms with Gasteiger partial charge in [-0.3, -0.25) is 4.79 Å². The molecule has 2 aromatic carbocycles. The predicted molar refractivity (Wildman–Crippen MR) is 105 cm³/mol. The summed E-state index contributed by atoms with van der Waals surface area (Å²) in [7, 11) is 0. The Labute approximate surface area is 156 Å². The minimum atomic E-state index is -0.286. The molecule has 27 heavy (non-hydrogen) atoms. The van der Waals surface area contributed by atoms with Gasteiger partial charge in [-0.2, -0.15) is 0 Å². The molecule has 138 valence electrons. The van der Waals surface area contributed by atoms with Crippen molar-refractivity contribution in [2.24, 2.45) is 0 Å². The van der Waals surface area contributed by atoms with Crippen molar-refractivity contribution in [3.8, 4) is 0 Å². The first-order valence-corrected chi connectivity index (χ1v) is 8.92. The molecule has 2 N–H and O–H groups in total. The SMILES string of the molecule is Cc1ccccc1N1CCN(c2cc3cc[nH]c(=O)c3cc2[N+](=O)O)CC1. The smallest absolute Gasteiger partial charge is 0.340 e. The first-order valence-electron chi connectivity index (χ1n) is 8.92. The van der Waals surface area contributed by atoms with Crippen LogP contribution >= 0.6 is 0 Å². The molecule has 0 bridgehead atoms. The van der Waals surface area contributed by atoms with Gasteiger partial charge < -0.3 is 14.8 Å². The van der Waals surface area contributed by atoms with Crippen molar-refractivity contribution in [2.75, 3.05) is 36.0 Å². The average molecular weight is 365 g/mol. The van der Waals surface area contributed by atoms with Gasteiger partial charge in [-0.15, -0.1) is 0 Å². The number of fused-ring (bicyclic) bond motifs is 1. The van der Waals surface area contributed by atoms with Gasteiger partial charge in [0.05, 0.1) is 10.3 Å². The Morgan fingerprint density at radius 2 is 1.67 bits per heavy atom. The second-order valence-corrected chi connectivity index (χ2v) is 6.77. The highest BCUT2D eigenvalue weighted by Crippen LogP contribution is 2.33. The lowest BCUT2D eigenvalue weighted by Gasteiger charge is -2.37. The Kier molecular flexibility index (Phi) is 4.27. The standard InChI is InChI=1S/C20H20N4O3/c1-14-4-2-3-5-17(14)22-8-10-23(11-9-22)18-12-15-6-7-21-20(25)16(15)13-19(18)24(26)27/h2-7,12-13H,8-11H2,1H3,(H-,21,25,26,27)/p+1. The van der Waals surface area contributed by atoms with Crippen LogP contribution in [0.3, 0.4) is 0 Å². The summed E-state index contributed by atoms with van der Waals surface area (Å²) in [6.45, 7) is 5.14. The highest BCUT2D eigenvalue weighted by atomic mass is 16.6. The van der Waals surface area contributed by atoms with Crippen molar-refractivity contribution in [3.05, 3.63) is 69.5 Å². The van der Waals surface area contributed by atoms with Gasteiger partial charge in [0, 0.05) is 44.1 Å². The fourth-order valence-electron chi connectivity index (χ4n) is 3.73. The number of piperazine rings is 1. The molecule has 1 aromatic heterocycles. The second-order valence-electron chi connectivity index (χ2n) is 6.77. The van der Waals surface area contributed by atoms with Crippen molar-refractivity contribution in [2.45, 2.75) is 6.92 Å². The number of anilines is 2. The Morgan fingerprint density at radius 1 is 1.00 bits per heavy atom. The van der Waals surface area contributed by atoms with Crippen LogP contribution in [-0.4, -0.2) is 41.3 Å². The molecule has 1 saturated heterocycles. The normalized spacial score (nSPS) is 14.6. The molecule has 0 spiro atoms. The molecule has 2 heterocycles. The molecule has 0 aliphatic carbocycles. The number of hydrogen-bond donors (Lipinski definition) is 2. The zero-order chi connectivity index (χ0) is 19.0. The Hall–Kier alpha value is -3.35. The van der Waals surface area contributed by atoms with E-state index in [1.165, 1.54) is 17.3 Å². The van der Waals surface area contributed by atoms with Gasteiger partial charge in [-0.25, -0.2) is 5.21 Å². The van der Waals surface area contributed by atoms with Gasteiger partial charge >= 0.3 is 5.69 Å². The van der Waals surface area contributed by atoms with Gasteiger partial charge in [-0.1, -0.05) is 18.2 Å². The van der Waals surface area contributed by atoms with E-state index in [-0.39, 0.29) is 16.2 Å². The van der Waals surface area contributed by atoms with Crippen LogP contribution in [0.4, 0.5) is 17.1 Å². The maximum atomic E-state index is 12.0. The maximum Gasteiger partial charge on any atom is 0.340 e. The number of benzene rings is 2. The fraction of sp³-hybridized carbons (Fsp3) is 0.250. The Morgan fingerprint density at radius 3 is 2.33 bits per heavy atom. The monoisotopic (exact) mass is 365 g/mol. The summed E-state index contributed by atoms with van der Waals surface area (Å²) in [5.41, 5.74) is 2.89. The largest absolute Gasteiger partial charge is 0.368 e. The van der Waals surface area contributed by atoms with E-state index in [1.807, 2.05) is 12.1 Å². The third-order valence-corrected chi connectivity index (χ3v) is 5.15. The van der Waals surface area contributed by atoms with Crippen LogP contribution in [0.2, 0.25) is 0 Å². The lowest BCUT2D eigenvalue weighted by molar-refractivity contribution is -0.729. The summed E-state index contributed by atoms with van der Waals surface area (Å²) in [5, 5.41) is 10.7. The summed E-state index contributed by atoms with van der Waals surface area (Å²) in [5.74, 6) is 0. The van der Waals surface area contributed by atoms with Crippen LogP contribution in [0.1, 0.15) is 5.56 Å². The predicted octanol–water partition coefficient (Wildman–Crippen LogP) is 2.96. The minimum absolute atomic E-state index is 0.0866. The molecule has 7 nitrogen and oxygen atoms in total. The van der Waals surface area contributed by atoms with Crippen LogP contribution in [-0.2, 0) is 0 Å². The summed E-state index contributed by atoms with van der Waals surface area (Å²) >= 11 is 0. The van der Waals surface area contributed by atoms with Gasteiger partial charge in [0.15, 0.2) is 0 Å². The summed E-state index contributed by atoms with van der Waals surface area (Å²) in [6.07, 6.45) is 1.58. The zero-order valence-corrected chi connectivity index (χ0v) is 15.1. The van der Waals surface area contributed by atoms with E-state index in [1.54, 1.807) is 18.3 Å². The molecule has 0 saturated carbocycles. The minimum Gasteiger partial charge on any atom is -0.368 e. The van der Waals surface area contributed by atoms with Gasteiger partial charge in [0.1, 0.15) is 5.69 Å². The van der Waals surface area contributed by atoms with Crippen LogP contribution in [0.5, 0.6) is 0 Å². The number of hydrogen-bond acceptors (Lipinski definition) is 4. The van der Waals surface area contributed by atoms with Crippen LogP contribution in [0.25, 0.3) is 10.8 Å². The van der Waals surface area contributed by atoms with E-state index in [0.717, 1.165) is 18.5 Å². The molecule has 1 aliphatic heterocycles. The molecule has 1 aliphatic rings. The van der Waals surface area contributed by atoms with Gasteiger partial charge in [0.25, 0.3) is 10.5 Å². The topological polar surface area (TPSA) is 79.7 Å². The van der Waals surface area contributed by atoms with E-state index < -0.39 is 0 Å². The number of aryl methyl sites for hydroxylation is 1. The molecular formula is C20H21N4O3+. The first-order chi connectivity index (χ1) is 13.0. The zero-order valence-electron chi connectivity index (χ0n) is 15.1. The molecule has 0 atom stereocenters. The highest BCUT2D eigenvalue weighted by Gasteiger charge is 2.27. The lowest BCUT2D eigenvalue weighted by atomic mass is 10.1. The number of aromatic nitrogens is 1. The molecule has 3 aromatic rings. The van der Waals surface area contributed by atoms with Crippen molar-refractivity contribution >= 4 is 27.8 Å². The van der Waals surface area contributed by atoms with Crippen LogP contribution < -0.4 is 15.4 Å². The average Bonchev–Trinajstić information content (AvgIpc) is 2.68. The summed E-state index contributed by atoms with van der Waals surface area (Å²) in [4.78, 5) is 30.5. The Bertz CT molecular complexity index is 1070. The number of H-pyrrole nitrogens is 1. The highest BCUT2D eigenvalue weighted by molar-refractivity contribution is 5.89. The van der Waals surface area contributed by atoms with E-state index in [4.69, 9.17) is 0 Å². The van der Waals surface area contributed by atoms with E-state index in [9.17, 15) is 14.9 Å². The molecule has 0 unspecified atom stereocenters. The third kappa shape index (κ3) is 3.12. The molecular weight excluding hydrogens is 344 g/mol. The van der Waals surface area contributed by atoms with Crippen LogP contribution in [0.15, 0.2) is 53.5 Å². The fourth-order valence-corrected chi connectivity index (χ4v) is 3.73. The number of nitrogens with one attached hydrogen (secondary N) is 1. The number of pyridine rings is 1. The second kappa shape index (κ2) is 6.75.